The van der Waals surface area contributed by atoms with Crippen molar-refractivity contribution in [3.8, 4) is 0 Å². The monoisotopic (exact) mass is 352 g/mol. The van der Waals surface area contributed by atoms with Crippen molar-refractivity contribution in [3.63, 3.8) is 0 Å². The molecule has 1 aromatic carbocycles. The van der Waals surface area contributed by atoms with Gasteiger partial charge in [0.25, 0.3) is 0 Å². The third kappa shape index (κ3) is 2.38. The molecule has 4 nitrogen and oxygen atoms in total. The second-order valence-electron chi connectivity index (χ2n) is 4.45. The van der Waals surface area contributed by atoms with Gasteiger partial charge in [-0.15, -0.1) is 0 Å². The van der Waals surface area contributed by atoms with E-state index in [1.54, 1.807) is 23.0 Å². The van der Waals surface area contributed by atoms with Gasteiger partial charge in [-0.1, -0.05) is 0 Å². The van der Waals surface area contributed by atoms with Crippen LogP contribution in [0, 0.1) is 17.5 Å². The predicted molar refractivity (Wildman–Crippen MR) is 80.7 cm³/mol. The fraction of sp³-hybridized carbons (Fsp3) is 0.154. The maximum absolute atomic E-state index is 13.7. The Kier molecular flexibility index (Phi) is 3.39. The van der Waals surface area contributed by atoms with E-state index in [2.05, 4.69) is 30.9 Å². The highest BCUT2D eigenvalue weighted by atomic mass is 79.9. The number of imidazole rings is 1. The first-order chi connectivity index (χ1) is 9.54. The Morgan fingerprint density at radius 2 is 2.15 bits per heavy atom. The molecule has 3 rings (SSSR count). The minimum absolute atomic E-state index is 0.324. The van der Waals surface area contributed by atoms with Crippen molar-refractivity contribution < 1.29 is 4.39 Å². The number of nitrogens with zero attached hydrogens (tertiary/aromatic N) is 3. The lowest BCUT2D eigenvalue weighted by Crippen LogP contribution is -2.03. The van der Waals surface area contributed by atoms with Gasteiger partial charge in [-0.3, -0.25) is 9.97 Å². The van der Waals surface area contributed by atoms with E-state index in [-0.39, 0.29) is 5.82 Å². The molecule has 0 aliphatic rings. The molecule has 0 unspecified atom stereocenters. The molecule has 0 spiro atoms. The largest absolute Gasteiger partial charge is 0.331 e. The molecule has 0 saturated heterocycles. The molecule has 20 heavy (non-hydrogen) atoms. The van der Waals surface area contributed by atoms with E-state index in [1.807, 2.05) is 6.92 Å². The van der Waals surface area contributed by atoms with Gasteiger partial charge in [0.2, 0.25) is 0 Å². The van der Waals surface area contributed by atoms with Crippen LogP contribution >= 0.6 is 28.1 Å². The molecule has 0 fully saturated rings. The number of nitrogens with one attached hydrogen (secondary N) is 1. The second-order valence-corrected chi connectivity index (χ2v) is 5.69. The Bertz CT molecular complexity index is 838. The molecule has 2 heterocycles. The summed E-state index contributed by atoms with van der Waals surface area (Å²) in [6, 6.07) is 3.13. The Hall–Kier alpha value is -1.60. The maximum Gasteiger partial charge on any atom is 0.178 e. The van der Waals surface area contributed by atoms with Gasteiger partial charge < -0.3 is 9.55 Å². The van der Waals surface area contributed by atoms with E-state index in [1.165, 1.54) is 6.07 Å². The number of H-pyrrole nitrogens is 1. The fourth-order valence-electron chi connectivity index (χ4n) is 1.97. The molecule has 2 aromatic heterocycles. The molecular weight excluding hydrogens is 343 g/mol. The van der Waals surface area contributed by atoms with E-state index in [4.69, 9.17) is 12.2 Å². The van der Waals surface area contributed by atoms with Gasteiger partial charge in [0.1, 0.15) is 5.82 Å². The summed E-state index contributed by atoms with van der Waals surface area (Å²) in [6.07, 6.45) is 3.40. The van der Waals surface area contributed by atoms with Crippen molar-refractivity contribution in [1.82, 2.24) is 19.5 Å². The van der Waals surface area contributed by atoms with E-state index < -0.39 is 0 Å². The zero-order valence-corrected chi connectivity index (χ0v) is 12.9. The average Bonchev–Trinajstić information content (AvgIpc) is 2.69. The highest BCUT2D eigenvalue weighted by Crippen LogP contribution is 2.23. The van der Waals surface area contributed by atoms with Gasteiger partial charge in [0, 0.05) is 12.3 Å². The summed E-state index contributed by atoms with van der Waals surface area (Å²) < 4.78 is 16.4. The zero-order chi connectivity index (χ0) is 14.3. The first kappa shape index (κ1) is 13.4. The average molecular weight is 353 g/mol. The Morgan fingerprint density at radius 3 is 2.85 bits per heavy atom. The van der Waals surface area contributed by atoms with Crippen LogP contribution in [0.2, 0.25) is 0 Å². The lowest BCUT2D eigenvalue weighted by atomic mass is 10.3. The smallest absolute Gasteiger partial charge is 0.178 e. The van der Waals surface area contributed by atoms with Crippen LogP contribution in [0.5, 0.6) is 0 Å². The molecular formula is C13H10BrFN4S. The third-order valence-electron chi connectivity index (χ3n) is 2.97. The van der Waals surface area contributed by atoms with Crippen molar-refractivity contribution >= 4 is 39.2 Å². The number of aromatic amines is 1. The van der Waals surface area contributed by atoms with Crippen LogP contribution in [0.15, 0.2) is 29.0 Å². The molecule has 1 N–H and O–H groups in total. The topological polar surface area (TPSA) is 46.5 Å². The molecule has 0 amide bonds. The van der Waals surface area contributed by atoms with Crippen LogP contribution in [-0.4, -0.2) is 19.5 Å². The number of hydrogen-bond donors (Lipinski definition) is 1. The molecule has 3 aromatic rings. The quantitative estimate of drug-likeness (QED) is 0.714. The van der Waals surface area contributed by atoms with E-state index >= 15 is 0 Å². The van der Waals surface area contributed by atoms with Crippen LogP contribution in [0.3, 0.4) is 0 Å². The number of aromatic nitrogens is 4. The number of fused-ring (bicyclic) bond motifs is 1. The van der Waals surface area contributed by atoms with Gasteiger partial charge in [-0.05, 0) is 41.1 Å². The third-order valence-corrected chi connectivity index (χ3v) is 3.90. The molecule has 7 heteroatoms. The van der Waals surface area contributed by atoms with Gasteiger partial charge in [0.15, 0.2) is 4.77 Å². The standard InChI is InChI=1S/C13H10BrFN4S/c1-7-4-17-8(5-16-7)6-19-12-3-10(15)9(14)2-11(12)18-13(19)20/h2-5H,6H2,1H3,(H,18,20). The molecule has 0 bridgehead atoms. The van der Waals surface area contributed by atoms with Crippen molar-refractivity contribution in [2.24, 2.45) is 0 Å². The Labute approximate surface area is 127 Å². The number of hydrogen-bond acceptors (Lipinski definition) is 3. The second kappa shape index (κ2) is 5.06. The minimum atomic E-state index is -0.324. The van der Waals surface area contributed by atoms with Gasteiger partial charge in [-0.2, -0.15) is 0 Å². The van der Waals surface area contributed by atoms with Crippen LogP contribution in [0.25, 0.3) is 11.0 Å². The van der Waals surface area contributed by atoms with E-state index in [0.29, 0.717) is 21.3 Å². The Balaban J connectivity index is 2.11. The number of halogens is 2. The fourth-order valence-corrected chi connectivity index (χ4v) is 2.59. The molecule has 0 radical (unpaired) electrons. The lowest BCUT2D eigenvalue weighted by molar-refractivity contribution is 0.621. The van der Waals surface area contributed by atoms with Crippen LogP contribution < -0.4 is 0 Å². The first-order valence-electron chi connectivity index (χ1n) is 5.89. The SMILES string of the molecule is Cc1cnc(Cn2c(=S)[nH]c3cc(Br)c(F)cc32)cn1. The van der Waals surface area contributed by atoms with Gasteiger partial charge in [-0.25, -0.2) is 4.39 Å². The van der Waals surface area contributed by atoms with Crippen LogP contribution in [0.1, 0.15) is 11.4 Å². The summed E-state index contributed by atoms with van der Waals surface area (Å²) >= 11 is 8.45. The van der Waals surface area contributed by atoms with Gasteiger partial charge >= 0.3 is 0 Å². The van der Waals surface area contributed by atoms with Crippen molar-refractivity contribution in [1.29, 1.82) is 0 Å². The maximum atomic E-state index is 13.7. The zero-order valence-electron chi connectivity index (χ0n) is 10.5. The first-order valence-corrected chi connectivity index (χ1v) is 7.10. The van der Waals surface area contributed by atoms with E-state index in [0.717, 1.165) is 16.9 Å². The summed E-state index contributed by atoms with van der Waals surface area (Å²) in [5, 5.41) is 0. The highest BCUT2D eigenvalue weighted by Gasteiger charge is 2.09. The highest BCUT2D eigenvalue weighted by molar-refractivity contribution is 9.10. The molecule has 0 atom stereocenters. The summed E-state index contributed by atoms with van der Waals surface area (Å²) in [4.78, 5) is 11.6. The van der Waals surface area contributed by atoms with Crippen molar-refractivity contribution in [2.75, 3.05) is 0 Å². The minimum Gasteiger partial charge on any atom is -0.331 e. The summed E-state index contributed by atoms with van der Waals surface area (Å²) in [5.74, 6) is -0.324. The van der Waals surface area contributed by atoms with Crippen molar-refractivity contribution in [3.05, 3.63) is 51.0 Å². The summed E-state index contributed by atoms with van der Waals surface area (Å²) in [5.41, 5.74) is 3.11. The van der Waals surface area contributed by atoms with Gasteiger partial charge in [0.05, 0.1) is 39.6 Å². The number of benzene rings is 1. The lowest BCUT2D eigenvalue weighted by Gasteiger charge is -2.04. The molecule has 0 aliphatic carbocycles. The normalized spacial score (nSPS) is 11.2. The van der Waals surface area contributed by atoms with Crippen LogP contribution in [0.4, 0.5) is 4.39 Å². The van der Waals surface area contributed by atoms with E-state index in [9.17, 15) is 4.39 Å². The Morgan fingerprint density at radius 1 is 1.35 bits per heavy atom. The molecule has 0 saturated carbocycles. The van der Waals surface area contributed by atoms with Crippen molar-refractivity contribution in [2.45, 2.75) is 13.5 Å². The number of rotatable bonds is 2. The molecule has 0 aliphatic heterocycles. The predicted octanol–water partition coefficient (Wildman–Crippen LogP) is 3.75. The van der Waals surface area contributed by atoms with Crippen LogP contribution in [-0.2, 0) is 6.54 Å². The summed E-state index contributed by atoms with van der Waals surface area (Å²) in [6.45, 7) is 2.33. The summed E-state index contributed by atoms with van der Waals surface area (Å²) in [7, 11) is 0. The molecule has 102 valence electrons. The number of aryl methyl sites for hydroxylation is 1.